The Labute approximate surface area is 609 Å². The summed E-state index contributed by atoms with van der Waals surface area (Å²) in [4.78, 5) is 150. The summed E-state index contributed by atoms with van der Waals surface area (Å²) in [6.45, 7) is 14.1. The van der Waals surface area contributed by atoms with Crippen molar-refractivity contribution >= 4 is 59.4 Å². The first-order chi connectivity index (χ1) is 49.8. The molecular formula is C74H106N14O16. The third-order valence-corrected chi connectivity index (χ3v) is 17.5. The van der Waals surface area contributed by atoms with E-state index in [4.69, 9.17) is 28.4 Å². The molecule has 0 saturated carbocycles. The zero-order chi connectivity index (χ0) is 75.3. The minimum atomic E-state index is -0.733. The summed E-state index contributed by atoms with van der Waals surface area (Å²) in [5.74, 6) is -4.05. The summed E-state index contributed by atoms with van der Waals surface area (Å²) in [7, 11) is 5.52. The van der Waals surface area contributed by atoms with Crippen molar-refractivity contribution in [3.8, 4) is 23.0 Å². The lowest BCUT2D eigenvalue weighted by Crippen LogP contribution is -2.50. The fraction of sp³-hybridized carbons (Fsp3) is 0.541. The number of carbonyl (C=O) groups is 10. The van der Waals surface area contributed by atoms with E-state index in [1.807, 2.05) is 19.6 Å². The van der Waals surface area contributed by atoms with Gasteiger partial charge in [-0.1, -0.05) is 24.3 Å². The van der Waals surface area contributed by atoms with Crippen LogP contribution in [0.25, 0.3) is 0 Å². The van der Waals surface area contributed by atoms with E-state index in [1.165, 1.54) is 28.4 Å². The maximum absolute atomic E-state index is 15.0. The highest BCUT2D eigenvalue weighted by atomic mass is 16.6. The number of para-hydroxylation sites is 4. The van der Waals surface area contributed by atoms with Gasteiger partial charge in [-0.3, -0.25) is 58.0 Å². The molecule has 0 radical (unpaired) electrons. The Morgan fingerprint density at radius 3 is 0.827 bits per heavy atom. The molecular weight excluding hydrogens is 1340 g/mol. The van der Waals surface area contributed by atoms with Crippen molar-refractivity contribution in [2.75, 3.05) is 159 Å². The molecule has 0 spiro atoms. The molecule has 3 aliphatic heterocycles. The van der Waals surface area contributed by atoms with Crippen molar-refractivity contribution in [2.24, 2.45) is 0 Å². The van der Waals surface area contributed by atoms with Crippen LogP contribution in [0.2, 0.25) is 0 Å². The molecule has 12 bridgehead atoms. The Hall–Kier alpha value is -9.78. The molecule has 0 saturated heterocycles. The minimum absolute atomic E-state index is 0.0288. The molecule has 10 amide bonds. The van der Waals surface area contributed by atoms with E-state index in [0.717, 1.165) is 0 Å². The van der Waals surface area contributed by atoms with Crippen LogP contribution in [-0.2, 0) is 9.47 Å². The second kappa shape index (κ2) is 40.3. The van der Waals surface area contributed by atoms with E-state index >= 15 is 9.59 Å². The number of hydrogen-bond acceptors (Lipinski definition) is 20. The maximum atomic E-state index is 15.0. The molecule has 0 aliphatic carbocycles. The van der Waals surface area contributed by atoms with Gasteiger partial charge in [0.2, 0.25) is 0 Å². The van der Waals surface area contributed by atoms with E-state index in [0.29, 0.717) is 51.6 Å². The highest BCUT2D eigenvalue weighted by Crippen LogP contribution is 2.29. The predicted octanol–water partition coefficient (Wildman–Crippen LogP) is 4.04. The van der Waals surface area contributed by atoms with Crippen molar-refractivity contribution in [2.45, 2.75) is 103 Å². The molecule has 4 aromatic rings. The standard InChI is InChI=1S/C74H106N14O16/c1-73(2,3)103-71(97)81-29-13-11-19-49-47-87-41-35-79-65(91)53-23-15-21-51(59(53)99-7)63(89)75-31-37-85(39-33-77-67(93)55-25-17-27-57(61(55)101-9)69(95)83-49)43-44-86-38-32-76-64(90)52-22-16-24-54(60(52)100-8)66(92)80-36-42-88(46-45-87)48-50(20-12-14-30-82-72(98)104-74(4,5)6)84-70(96)58-28-18-26-56(62(58)102-10)68(94)78-34-40-86/h15-18,21-28,49-50H,11-14,19-20,29-48H2,1-10H3,(H,75,89)(H,76,90)(H,77,93)(H,78,94)(H,79,91)(H,80,92)(H,81,97)(H,82,98)(H,83,95)(H,84,96). The molecule has 30 heteroatoms. The van der Waals surface area contributed by atoms with E-state index < -0.39 is 82.7 Å². The number of fused-ring (bicyclic) bond motifs is 20. The average molecular weight is 1450 g/mol. The van der Waals surface area contributed by atoms with Crippen molar-refractivity contribution in [3.63, 3.8) is 0 Å². The number of nitrogens with one attached hydrogen (secondary N) is 10. The quantitative estimate of drug-likeness (QED) is 0.0796. The van der Waals surface area contributed by atoms with E-state index in [1.54, 1.807) is 114 Å². The van der Waals surface area contributed by atoms with Crippen LogP contribution in [0, 0.1) is 0 Å². The molecule has 568 valence electrons. The summed E-state index contributed by atoms with van der Waals surface area (Å²) >= 11 is 0. The number of nitrogens with zero attached hydrogens (tertiary/aromatic N) is 4. The van der Waals surface area contributed by atoms with Crippen LogP contribution in [0.15, 0.2) is 72.8 Å². The fourth-order valence-electron chi connectivity index (χ4n) is 12.4. The first-order valence-corrected chi connectivity index (χ1v) is 35.6. The highest BCUT2D eigenvalue weighted by Gasteiger charge is 2.30. The summed E-state index contributed by atoms with van der Waals surface area (Å²) in [5.41, 5.74) is -0.690. The third kappa shape index (κ3) is 25.3. The van der Waals surface area contributed by atoms with Gasteiger partial charge in [0, 0.05) is 143 Å². The van der Waals surface area contributed by atoms with Gasteiger partial charge in [-0.25, -0.2) is 9.59 Å². The smallest absolute Gasteiger partial charge is 0.407 e. The summed E-state index contributed by atoms with van der Waals surface area (Å²) in [6.07, 6.45) is 1.48. The minimum Gasteiger partial charge on any atom is -0.495 e. The monoisotopic (exact) mass is 1450 g/mol. The van der Waals surface area contributed by atoms with E-state index in [2.05, 4.69) is 53.2 Å². The molecule has 0 fully saturated rings. The van der Waals surface area contributed by atoms with Gasteiger partial charge in [0.05, 0.1) is 72.9 Å². The number of amides is 10. The number of hydrogen-bond donors (Lipinski definition) is 10. The lowest BCUT2D eigenvalue weighted by Gasteiger charge is -2.33. The zero-order valence-electron chi connectivity index (χ0n) is 61.8. The maximum Gasteiger partial charge on any atom is 0.407 e. The first-order valence-electron chi connectivity index (χ1n) is 35.6. The van der Waals surface area contributed by atoms with Crippen LogP contribution >= 0.6 is 0 Å². The van der Waals surface area contributed by atoms with Gasteiger partial charge in [-0.15, -0.1) is 0 Å². The molecule has 10 N–H and O–H groups in total. The topological polar surface area (TPSA) is 359 Å². The third-order valence-electron chi connectivity index (χ3n) is 17.5. The van der Waals surface area contributed by atoms with Crippen LogP contribution in [0.1, 0.15) is 163 Å². The Morgan fingerprint density at radius 1 is 0.356 bits per heavy atom. The predicted molar refractivity (Wildman–Crippen MR) is 390 cm³/mol. The second-order valence-corrected chi connectivity index (χ2v) is 27.6. The van der Waals surface area contributed by atoms with Crippen LogP contribution in [-0.4, -0.2) is 262 Å². The van der Waals surface area contributed by atoms with Crippen LogP contribution in [0.4, 0.5) is 9.59 Å². The Balaban J connectivity index is 1.39. The SMILES string of the molecule is COc1c2cccc1C(=O)NCCN1CCN3CCNC(=O)c4cccc(c4OC)C(=O)NCCN(CCNC(=O)c4cccc(c4OC)C(=O)NC(CCCCNC(=O)OC(C)(C)C)C3)CCN(CCNC2=O)CCNC(=O)c2cccc(c2OC)C(=O)NC(CCCCNC(=O)OC(C)(C)C)C1. The van der Waals surface area contributed by atoms with Crippen molar-refractivity contribution < 1.29 is 76.4 Å². The summed E-state index contributed by atoms with van der Waals surface area (Å²) < 4.78 is 34.4. The summed E-state index contributed by atoms with van der Waals surface area (Å²) in [5, 5.41) is 30.2. The number of unbranched alkanes of at least 4 members (excludes halogenated alkanes) is 2. The molecule has 4 aromatic carbocycles. The average Bonchev–Trinajstić information content (AvgIpc) is 0.835. The Kier molecular flexibility index (Phi) is 31.6. The number of ether oxygens (including phenoxy) is 6. The van der Waals surface area contributed by atoms with Crippen LogP contribution in [0.5, 0.6) is 23.0 Å². The number of methoxy groups -OCH3 is 4. The fourth-order valence-corrected chi connectivity index (χ4v) is 12.4. The first kappa shape index (κ1) is 81.5. The Morgan fingerprint density at radius 2 is 0.587 bits per heavy atom. The van der Waals surface area contributed by atoms with Gasteiger partial charge in [0.15, 0.2) is 0 Å². The number of carbonyl (C=O) groups excluding carboxylic acids is 10. The van der Waals surface area contributed by atoms with Gasteiger partial charge < -0.3 is 81.6 Å². The molecule has 6 unspecified atom stereocenters. The number of alkyl carbamates (subject to hydrolysis) is 2. The lowest BCUT2D eigenvalue weighted by atomic mass is 10.0. The zero-order valence-corrected chi connectivity index (χ0v) is 61.8. The molecule has 104 heavy (non-hydrogen) atoms. The molecule has 6 atom stereocenters. The van der Waals surface area contributed by atoms with Gasteiger partial charge in [0.25, 0.3) is 47.3 Å². The van der Waals surface area contributed by atoms with Gasteiger partial charge in [0.1, 0.15) is 34.2 Å². The molecule has 3 aliphatic rings. The molecule has 0 aromatic heterocycles. The molecule has 7 rings (SSSR count). The highest BCUT2D eigenvalue weighted by molar-refractivity contribution is 6.07. The number of benzene rings is 4. The molecule has 30 nitrogen and oxygen atoms in total. The van der Waals surface area contributed by atoms with Crippen molar-refractivity contribution in [1.82, 2.24) is 72.8 Å². The van der Waals surface area contributed by atoms with Crippen molar-refractivity contribution in [1.29, 1.82) is 0 Å². The summed E-state index contributed by atoms with van der Waals surface area (Å²) in [6, 6.07) is 17.6. The van der Waals surface area contributed by atoms with Crippen molar-refractivity contribution in [3.05, 3.63) is 117 Å². The van der Waals surface area contributed by atoms with E-state index in [-0.39, 0.29) is 185 Å². The van der Waals surface area contributed by atoms with Gasteiger partial charge in [-0.2, -0.15) is 0 Å². The second-order valence-electron chi connectivity index (χ2n) is 27.6. The van der Waals surface area contributed by atoms with Gasteiger partial charge >= 0.3 is 12.2 Å². The number of rotatable bonds is 14. The molecule has 3 heterocycles. The van der Waals surface area contributed by atoms with E-state index in [9.17, 15) is 38.4 Å². The van der Waals surface area contributed by atoms with Crippen LogP contribution in [0.3, 0.4) is 0 Å². The van der Waals surface area contributed by atoms with Crippen LogP contribution < -0.4 is 72.1 Å². The lowest BCUT2D eigenvalue weighted by molar-refractivity contribution is 0.0515. The Bertz CT molecular complexity index is 3390. The van der Waals surface area contributed by atoms with Gasteiger partial charge in [-0.05, 0) is 129 Å². The normalized spacial score (nSPS) is 20.7. The largest absolute Gasteiger partial charge is 0.495 e.